The third kappa shape index (κ3) is 6.05. The van der Waals surface area contributed by atoms with Crippen LogP contribution in [0.15, 0.2) is 42.5 Å². The summed E-state index contributed by atoms with van der Waals surface area (Å²) in [5.41, 5.74) is 0.213. The highest BCUT2D eigenvalue weighted by molar-refractivity contribution is 6.43. The molecule has 6 nitrogen and oxygen atoms in total. The molecule has 2 N–H and O–H groups in total. The van der Waals surface area contributed by atoms with Crippen LogP contribution in [0.25, 0.3) is 0 Å². The number of rotatable bonds is 8. The molecule has 0 heterocycles. The Labute approximate surface area is 167 Å². The molecule has 1 unspecified atom stereocenters. The van der Waals surface area contributed by atoms with E-state index in [1.807, 2.05) is 12.1 Å². The van der Waals surface area contributed by atoms with Crippen molar-refractivity contribution in [1.29, 1.82) is 0 Å². The summed E-state index contributed by atoms with van der Waals surface area (Å²) in [5.74, 6) is 0.515. The first-order valence-electron chi connectivity index (χ1n) is 8.22. The first kappa shape index (κ1) is 20.9. The van der Waals surface area contributed by atoms with E-state index < -0.39 is 11.9 Å². The predicted molar refractivity (Wildman–Crippen MR) is 105 cm³/mol. The zero-order valence-electron chi connectivity index (χ0n) is 14.9. The topological polar surface area (TPSA) is 76.7 Å². The number of halogens is 2. The van der Waals surface area contributed by atoms with Gasteiger partial charge >= 0.3 is 0 Å². The zero-order chi connectivity index (χ0) is 19.8. The molecule has 0 radical (unpaired) electrons. The summed E-state index contributed by atoms with van der Waals surface area (Å²) in [6.07, 6.45) is 0. The summed E-state index contributed by atoms with van der Waals surface area (Å²) in [6, 6.07) is 11.2. The van der Waals surface area contributed by atoms with Crippen LogP contribution in [0.1, 0.15) is 17.3 Å². The van der Waals surface area contributed by atoms with Crippen molar-refractivity contribution in [2.24, 2.45) is 0 Å². The molecule has 144 valence electrons. The second-order valence-corrected chi connectivity index (χ2v) is 6.40. The monoisotopic (exact) mass is 410 g/mol. The van der Waals surface area contributed by atoms with Crippen LogP contribution in [0.2, 0.25) is 10.0 Å². The molecule has 0 saturated carbocycles. The van der Waals surface area contributed by atoms with Gasteiger partial charge in [-0.1, -0.05) is 35.3 Å². The van der Waals surface area contributed by atoms with Gasteiger partial charge in [-0.3, -0.25) is 9.59 Å². The summed E-state index contributed by atoms with van der Waals surface area (Å²) in [7, 11) is 1.57. The summed E-state index contributed by atoms with van der Waals surface area (Å²) >= 11 is 11.9. The average Bonchev–Trinajstić information content (AvgIpc) is 2.67. The molecule has 0 spiro atoms. The minimum atomic E-state index is -0.746. The molecule has 8 heteroatoms. The Morgan fingerprint density at radius 1 is 1.11 bits per heavy atom. The average molecular weight is 411 g/mol. The Kier molecular flexibility index (Phi) is 7.76. The standard InChI is InChI=1S/C19H20Cl2N2O4/c1-12(23-19(25)15-7-4-8-16(20)17(15)21)18(24)22-9-10-27-14-6-3-5-13(11-14)26-2/h3-8,11-12H,9-10H2,1-2H3,(H,22,24)(H,23,25). The number of benzene rings is 2. The second-order valence-electron chi connectivity index (χ2n) is 5.62. The number of carbonyl (C=O) groups excluding carboxylic acids is 2. The van der Waals surface area contributed by atoms with E-state index in [1.54, 1.807) is 38.3 Å². The van der Waals surface area contributed by atoms with E-state index in [2.05, 4.69) is 10.6 Å². The van der Waals surface area contributed by atoms with Crippen LogP contribution in [0.3, 0.4) is 0 Å². The minimum absolute atomic E-state index is 0.149. The lowest BCUT2D eigenvalue weighted by molar-refractivity contribution is -0.122. The maximum absolute atomic E-state index is 12.2. The Morgan fingerprint density at radius 2 is 1.81 bits per heavy atom. The molecule has 0 aliphatic carbocycles. The van der Waals surface area contributed by atoms with Gasteiger partial charge < -0.3 is 20.1 Å². The van der Waals surface area contributed by atoms with Crippen molar-refractivity contribution in [3.63, 3.8) is 0 Å². The SMILES string of the molecule is COc1cccc(OCCNC(=O)C(C)NC(=O)c2cccc(Cl)c2Cl)c1. The summed E-state index contributed by atoms with van der Waals surface area (Å²) in [5, 5.41) is 5.70. The Morgan fingerprint density at radius 3 is 2.56 bits per heavy atom. The Bertz CT molecular complexity index is 814. The fourth-order valence-corrected chi connectivity index (χ4v) is 2.59. The van der Waals surface area contributed by atoms with Gasteiger partial charge in [-0.25, -0.2) is 0 Å². The molecule has 0 fully saturated rings. The Hall–Kier alpha value is -2.44. The number of methoxy groups -OCH3 is 1. The van der Waals surface area contributed by atoms with Crippen molar-refractivity contribution in [2.75, 3.05) is 20.3 Å². The van der Waals surface area contributed by atoms with E-state index in [4.69, 9.17) is 32.7 Å². The predicted octanol–water partition coefficient (Wildman–Crippen LogP) is 3.32. The quantitative estimate of drug-likeness (QED) is 0.654. The molecule has 27 heavy (non-hydrogen) atoms. The number of hydrogen-bond donors (Lipinski definition) is 2. The van der Waals surface area contributed by atoms with Crippen LogP contribution in [-0.2, 0) is 4.79 Å². The van der Waals surface area contributed by atoms with E-state index in [-0.39, 0.29) is 34.7 Å². The van der Waals surface area contributed by atoms with Gasteiger partial charge in [0.25, 0.3) is 5.91 Å². The highest BCUT2D eigenvalue weighted by atomic mass is 35.5. The van der Waals surface area contributed by atoms with Gasteiger partial charge in [0, 0.05) is 6.07 Å². The molecule has 0 aliphatic rings. The van der Waals surface area contributed by atoms with E-state index >= 15 is 0 Å². The smallest absolute Gasteiger partial charge is 0.253 e. The zero-order valence-corrected chi connectivity index (χ0v) is 16.4. The molecule has 0 saturated heterocycles. The Balaban J connectivity index is 1.78. The van der Waals surface area contributed by atoms with Gasteiger partial charge in [-0.05, 0) is 31.2 Å². The fraction of sp³-hybridized carbons (Fsp3) is 0.263. The number of hydrogen-bond acceptors (Lipinski definition) is 4. The molecule has 1 atom stereocenters. The van der Waals surface area contributed by atoms with E-state index in [0.29, 0.717) is 11.5 Å². The van der Waals surface area contributed by atoms with Gasteiger partial charge in [0.1, 0.15) is 24.1 Å². The third-order valence-corrected chi connectivity index (χ3v) is 4.47. The van der Waals surface area contributed by atoms with Gasteiger partial charge in [0.15, 0.2) is 0 Å². The summed E-state index contributed by atoms with van der Waals surface area (Å²) in [4.78, 5) is 24.4. The van der Waals surface area contributed by atoms with Gasteiger partial charge in [0.05, 0.1) is 29.3 Å². The molecule has 2 rings (SSSR count). The van der Waals surface area contributed by atoms with Crippen molar-refractivity contribution in [3.8, 4) is 11.5 Å². The third-order valence-electron chi connectivity index (χ3n) is 3.65. The van der Waals surface area contributed by atoms with Gasteiger partial charge in [-0.2, -0.15) is 0 Å². The van der Waals surface area contributed by atoms with Crippen LogP contribution >= 0.6 is 23.2 Å². The van der Waals surface area contributed by atoms with Crippen LogP contribution in [-0.4, -0.2) is 38.1 Å². The molecule has 0 aliphatic heterocycles. The van der Waals surface area contributed by atoms with E-state index in [1.165, 1.54) is 6.07 Å². The van der Waals surface area contributed by atoms with Crippen molar-refractivity contribution in [2.45, 2.75) is 13.0 Å². The molecular weight excluding hydrogens is 391 g/mol. The van der Waals surface area contributed by atoms with E-state index in [0.717, 1.165) is 0 Å². The van der Waals surface area contributed by atoms with Crippen LogP contribution in [0, 0.1) is 0 Å². The highest BCUT2D eigenvalue weighted by Gasteiger charge is 2.18. The van der Waals surface area contributed by atoms with Gasteiger partial charge in [-0.15, -0.1) is 0 Å². The highest BCUT2D eigenvalue weighted by Crippen LogP contribution is 2.25. The lowest BCUT2D eigenvalue weighted by Crippen LogP contribution is -2.45. The van der Waals surface area contributed by atoms with Crippen LogP contribution in [0.5, 0.6) is 11.5 Å². The van der Waals surface area contributed by atoms with Gasteiger partial charge in [0.2, 0.25) is 5.91 Å². The van der Waals surface area contributed by atoms with Crippen molar-refractivity contribution < 1.29 is 19.1 Å². The maximum Gasteiger partial charge on any atom is 0.253 e. The summed E-state index contributed by atoms with van der Waals surface area (Å²) in [6.45, 7) is 2.14. The second kappa shape index (κ2) is 10.0. The van der Waals surface area contributed by atoms with Crippen molar-refractivity contribution >= 4 is 35.0 Å². The molecular formula is C19H20Cl2N2O4. The normalized spacial score (nSPS) is 11.4. The molecule has 2 aromatic rings. The molecule has 0 aromatic heterocycles. The van der Waals surface area contributed by atoms with Crippen LogP contribution < -0.4 is 20.1 Å². The first-order valence-corrected chi connectivity index (χ1v) is 8.97. The number of nitrogens with one attached hydrogen (secondary N) is 2. The lowest BCUT2D eigenvalue weighted by Gasteiger charge is -2.15. The molecule has 0 bridgehead atoms. The van der Waals surface area contributed by atoms with Crippen LogP contribution in [0.4, 0.5) is 0 Å². The van der Waals surface area contributed by atoms with E-state index in [9.17, 15) is 9.59 Å². The lowest BCUT2D eigenvalue weighted by atomic mass is 10.2. The number of ether oxygens (including phenoxy) is 2. The summed E-state index contributed by atoms with van der Waals surface area (Å²) < 4.78 is 10.7. The van der Waals surface area contributed by atoms with Crippen molar-refractivity contribution in [3.05, 3.63) is 58.1 Å². The fourth-order valence-electron chi connectivity index (χ4n) is 2.21. The van der Waals surface area contributed by atoms with Crippen molar-refractivity contribution in [1.82, 2.24) is 10.6 Å². The minimum Gasteiger partial charge on any atom is -0.497 e. The number of amides is 2. The molecule has 2 amide bonds. The number of carbonyl (C=O) groups is 2. The molecule has 2 aromatic carbocycles. The largest absolute Gasteiger partial charge is 0.497 e. The first-order chi connectivity index (χ1) is 12.9. The maximum atomic E-state index is 12.2.